The van der Waals surface area contributed by atoms with E-state index in [1.807, 2.05) is 0 Å². The van der Waals surface area contributed by atoms with Gasteiger partial charge in [-0.3, -0.25) is 4.79 Å². The molecule has 0 aliphatic carbocycles. The summed E-state index contributed by atoms with van der Waals surface area (Å²) in [7, 11) is 2.71. The molecule has 0 saturated heterocycles. The lowest BCUT2D eigenvalue weighted by Gasteiger charge is -2.19. The van der Waals surface area contributed by atoms with E-state index in [1.54, 1.807) is 24.3 Å². The van der Waals surface area contributed by atoms with Crippen LogP contribution in [0.2, 0.25) is 10.0 Å². The van der Waals surface area contributed by atoms with Gasteiger partial charge in [-0.1, -0.05) is 52.6 Å². The van der Waals surface area contributed by atoms with Gasteiger partial charge in [0.15, 0.2) is 11.5 Å². The third-order valence-electron chi connectivity index (χ3n) is 3.76. The van der Waals surface area contributed by atoms with Gasteiger partial charge in [0.2, 0.25) is 0 Å². The highest BCUT2D eigenvalue weighted by molar-refractivity contribution is 6.45. The molecule has 168 valence electrons. The first-order valence-corrected chi connectivity index (χ1v) is 9.24. The van der Waals surface area contributed by atoms with Gasteiger partial charge in [-0.25, -0.2) is 0 Å². The van der Waals surface area contributed by atoms with Crippen molar-refractivity contribution in [2.75, 3.05) is 14.2 Å². The maximum absolute atomic E-state index is 13.2. The Hall–Kier alpha value is -2.72. The largest absolute Gasteiger partial charge is 0.489 e. The zero-order chi connectivity index (χ0) is 23.2. The highest BCUT2D eigenvalue weighted by atomic mass is 35.5. The lowest BCUT2D eigenvalue weighted by Crippen LogP contribution is -2.33. The molecule has 1 N–H and O–H groups in total. The molecule has 2 aromatic rings. The molecular formula is C19H16Cl2F4N2O4. The standard InChI is InChI=1S/C19H16Cl2F4N2O4/c1-26-17(28)15(27-29-2)12-6-4-3-5-10(12)9-30-11-7-13(20)16(14(21)8-11)31-19(24,25)18(22)23/h3-8,18H,9H2,1-2H3,(H,26,28). The van der Waals surface area contributed by atoms with Crippen LogP contribution in [0.5, 0.6) is 11.5 Å². The van der Waals surface area contributed by atoms with Crippen LogP contribution < -0.4 is 14.8 Å². The maximum atomic E-state index is 13.2. The van der Waals surface area contributed by atoms with Gasteiger partial charge in [0, 0.05) is 24.7 Å². The van der Waals surface area contributed by atoms with E-state index in [1.165, 1.54) is 14.2 Å². The third kappa shape index (κ3) is 6.14. The van der Waals surface area contributed by atoms with Crippen LogP contribution >= 0.6 is 23.2 Å². The number of carbonyl (C=O) groups excluding carboxylic acids is 1. The first kappa shape index (κ1) is 24.5. The minimum Gasteiger partial charge on any atom is -0.489 e. The number of nitrogens with one attached hydrogen (secondary N) is 1. The van der Waals surface area contributed by atoms with Crippen molar-refractivity contribution < 1.29 is 36.7 Å². The predicted molar refractivity (Wildman–Crippen MR) is 106 cm³/mol. The predicted octanol–water partition coefficient (Wildman–Crippen LogP) is 4.91. The quantitative estimate of drug-likeness (QED) is 0.313. The molecule has 2 aromatic carbocycles. The molecule has 0 spiro atoms. The number of likely N-dealkylation sites (N-methyl/N-ethyl adjacent to an activating group) is 1. The number of nitrogens with zero attached hydrogens (tertiary/aromatic N) is 1. The van der Waals surface area contributed by atoms with Crippen molar-refractivity contribution in [3.8, 4) is 11.5 Å². The van der Waals surface area contributed by atoms with Crippen molar-refractivity contribution in [3.63, 3.8) is 0 Å². The fraction of sp³-hybridized carbons (Fsp3) is 0.263. The van der Waals surface area contributed by atoms with E-state index in [4.69, 9.17) is 32.8 Å². The molecule has 0 fully saturated rings. The topological polar surface area (TPSA) is 69.2 Å². The zero-order valence-corrected chi connectivity index (χ0v) is 17.6. The molecule has 0 radical (unpaired) electrons. The van der Waals surface area contributed by atoms with Gasteiger partial charge in [0.1, 0.15) is 19.5 Å². The van der Waals surface area contributed by atoms with E-state index >= 15 is 0 Å². The summed E-state index contributed by atoms with van der Waals surface area (Å²) in [6, 6.07) is 8.81. The van der Waals surface area contributed by atoms with Crippen molar-refractivity contribution >= 4 is 34.8 Å². The molecule has 0 aliphatic heterocycles. The Labute approximate surface area is 184 Å². The minimum absolute atomic E-state index is 0.00163. The summed E-state index contributed by atoms with van der Waals surface area (Å²) in [6.07, 6.45) is -8.85. The number of ether oxygens (including phenoxy) is 2. The number of rotatable bonds is 9. The van der Waals surface area contributed by atoms with Crippen LogP contribution in [-0.2, 0) is 16.2 Å². The first-order valence-electron chi connectivity index (χ1n) is 8.49. The molecule has 0 saturated carbocycles. The van der Waals surface area contributed by atoms with E-state index in [-0.39, 0.29) is 18.1 Å². The summed E-state index contributed by atoms with van der Waals surface area (Å²) >= 11 is 11.7. The van der Waals surface area contributed by atoms with Crippen LogP contribution in [0, 0.1) is 0 Å². The second-order valence-corrected chi connectivity index (χ2v) is 6.64. The van der Waals surface area contributed by atoms with Gasteiger partial charge in [-0.05, 0) is 5.56 Å². The van der Waals surface area contributed by atoms with Crippen molar-refractivity contribution in [2.24, 2.45) is 5.16 Å². The summed E-state index contributed by atoms with van der Waals surface area (Å²) in [4.78, 5) is 16.8. The van der Waals surface area contributed by atoms with Gasteiger partial charge in [0.25, 0.3) is 5.91 Å². The van der Waals surface area contributed by atoms with Crippen molar-refractivity contribution in [1.82, 2.24) is 5.32 Å². The summed E-state index contributed by atoms with van der Waals surface area (Å²) in [5.74, 6) is -1.26. The van der Waals surface area contributed by atoms with Crippen molar-refractivity contribution in [2.45, 2.75) is 19.1 Å². The van der Waals surface area contributed by atoms with Gasteiger partial charge >= 0.3 is 12.5 Å². The number of amides is 1. The van der Waals surface area contributed by atoms with Crippen molar-refractivity contribution in [3.05, 3.63) is 57.6 Å². The van der Waals surface area contributed by atoms with Crippen LogP contribution in [0.4, 0.5) is 17.6 Å². The molecule has 31 heavy (non-hydrogen) atoms. The summed E-state index contributed by atoms with van der Waals surface area (Å²) in [6.45, 7) is -0.101. The summed E-state index contributed by atoms with van der Waals surface area (Å²) in [5, 5.41) is 5.26. The SMILES string of the molecule is CNC(=O)C(=NOC)c1ccccc1COc1cc(Cl)c(OC(F)(F)C(F)F)c(Cl)c1. The number of carbonyl (C=O) groups is 1. The Morgan fingerprint density at radius 3 is 2.35 bits per heavy atom. The molecule has 6 nitrogen and oxygen atoms in total. The molecule has 0 bridgehead atoms. The number of alkyl halides is 4. The summed E-state index contributed by atoms with van der Waals surface area (Å²) in [5.41, 5.74) is 0.939. The van der Waals surface area contributed by atoms with E-state index < -0.39 is 34.2 Å². The second kappa shape index (κ2) is 10.5. The lowest BCUT2D eigenvalue weighted by molar-refractivity contribution is -0.253. The Kier molecular flexibility index (Phi) is 8.35. The number of hydrogen-bond acceptors (Lipinski definition) is 5. The average Bonchev–Trinajstić information content (AvgIpc) is 2.72. The number of hydrogen-bond donors (Lipinski definition) is 1. The van der Waals surface area contributed by atoms with Crippen LogP contribution in [0.25, 0.3) is 0 Å². The third-order valence-corrected chi connectivity index (χ3v) is 4.32. The highest BCUT2D eigenvalue weighted by Gasteiger charge is 2.45. The van der Waals surface area contributed by atoms with Gasteiger partial charge in [0.05, 0.1) is 10.0 Å². The molecule has 0 atom stereocenters. The second-order valence-electron chi connectivity index (χ2n) is 5.83. The molecule has 0 aliphatic rings. The highest BCUT2D eigenvalue weighted by Crippen LogP contribution is 2.40. The Morgan fingerprint density at radius 2 is 1.81 bits per heavy atom. The van der Waals surface area contributed by atoms with Crippen LogP contribution in [0.15, 0.2) is 41.6 Å². The van der Waals surface area contributed by atoms with E-state index in [2.05, 4.69) is 15.2 Å². The first-order chi connectivity index (χ1) is 14.6. The molecular weight excluding hydrogens is 467 g/mol. The monoisotopic (exact) mass is 482 g/mol. The van der Waals surface area contributed by atoms with Gasteiger partial charge in [-0.2, -0.15) is 17.6 Å². The molecule has 12 heteroatoms. The maximum Gasteiger partial charge on any atom is 0.461 e. The van der Waals surface area contributed by atoms with Crippen LogP contribution in [-0.4, -0.2) is 38.3 Å². The van der Waals surface area contributed by atoms with E-state index in [0.29, 0.717) is 11.1 Å². The van der Waals surface area contributed by atoms with Gasteiger partial charge < -0.3 is 19.6 Å². The van der Waals surface area contributed by atoms with Gasteiger partial charge in [-0.15, -0.1) is 0 Å². The number of oxime groups is 1. The molecule has 0 heterocycles. The smallest absolute Gasteiger partial charge is 0.461 e. The fourth-order valence-electron chi connectivity index (χ4n) is 2.36. The molecule has 0 aromatic heterocycles. The zero-order valence-electron chi connectivity index (χ0n) is 16.1. The Balaban J connectivity index is 2.27. The normalized spacial score (nSPS) is 12.0. The van der Waals surface area contributed by atoms with Crippen molar-refractivity contribution in [1.29, 1.82) is 0 Å². The Bertz CT molecular complexity index is 951. The summed E-state index contributed by atoms with van der Waals surface area (Å²) < 4.78 is 60.6. The number of halogens is 6. The fourth-order valence-corrected chi connectivity index (χ4v) is 2.90. The van der Waals surface area contributed by atoms with E-state index in [9.17, 15) is 22.4 Å². The van der Waals surface area contributed by atoms with Crippen LogP contribution in [0.3, 0.4) is 0 Å². The lowest BCUT2D eigenvalue weighted by atomic mass is 10.0. The molecule has 0 unspecified atom stereocenters. The minimum atomic E-state index is -4.77. The van der Waals surface area contributed by atoms with Crippen LogP contribution in [0.1, 0.15) is 11.1 Å². The Morgan fingerprint density at radius 1 is 1.19 bits per heavy atom. The molecule has 2 rings (SSSR count). The van der Waals surface area contributed by atoms with E-state index in [0.717, 1.165) is 12.1 Å². The molecule has 1 amide bonds. The average molecular weight is 483 g/mol. The number of benzene rings is 2.